The van der Waals surface area contributed by atoms with Crippen LogP contribution in [-0.4, -0.2) is 26.3 Å². The minimum absolute atomic E-state index is 0.0577. The van der Waals surface area contributed by atoms with Crippen molar-refractivity contribution in [3.63, 3.8) is 0 Å². The van der Waals surface area contributed by atoms with E-state index in [0.29, 0.717) is 37.4 Å². The van der Waals surface area contributed by atoms with Crippen LogP contribution in [0.3, 0.4) is 0 Å². The third-order valence-corrected chi connectivity index (χ3v) is 7.31. The highest BCUT2D eigenvalue weighted by Crippen LogP contribution is 2.32. The van der Waals surface area contributed by atoms with Crippen molar-refractivity contribution in [2.45, 2.75) is 46.1 Å². The molecule has 202 valence electrons. The van der Waals surface area contributed by atoms with Gasteiger partial charge in [0.15, 0.2) is 5.82 Å². The van der Waals surface area contributed by atoms with Gasteiger partial charge >= 0.3 is 5.76 Å². The van der Waals surface area contributed by atoms with Crippen molar-refractivity contribution in [3.05, 3.63) is 110 Å². The van der Waals surface area contributed by atoms with Gasteiger partial charge in [0.05, 0.1) is 24.4 Å². The van der Waals surface area contributed by atoms with Crippen LogP contribution < -0.4 is 16.1 Å². The minimum atomic E-state index is -0.621. The zero-order valence-corrected chi connectivity index (χ0v) is 22.6. The molecule has 0 bridgehead atoms. The predicted octanol–water partition coefficient (Wildman–Crippen LogP) is 5.42. The second-order valence-electron chi connectivity index (χ2n) is 9.96. The lowest BCUT2D eigenvalue weighted by molar-refractivity contribution is 0.357. The first-order valence-corrected chi connectivity index (χ1v) is 13.7. The standard InChI is InChI=1S/C32H30N4O4/c1-3-8-28-33-26(4-2)29(23-12-14-27-22(18-23)15-16-39-27)31(37)36(28)19-20-11-13-24(21-9-6-5-7-10-21)25(17-20)30-34-32(38)40-35-30/h5-7,9-14,17-18H,3-4,8,15-16,19H2,1-2H3,(H,34,35,38). The number of hydrogen-bond acceptors (Lipinski definition) is 6. The molecule has 0 atom stereocenters. The van der Waals surface area contributed by atoms with Gasteiger partial charge in [-0.25, -0.2) is 9.78 Å². The fourth-order valence-corrected chi connectivity index (χ4v) is 5.40. The van der Waals surface area contributed by atoms with Gasteiger partial charge in [0.2, 0.25) is 0 Å². The number of nitrogens with zero attached hydrogens (tertiary/aromatic N) is 3. The summed E-state index contributed by atoms with van der Waals surface area (Å²) in [7, 11) is 0. The number of hydrogen-bond donors (Lipinski definition) is 1. The molecule has 0 saturated heterocycles. The van der Waals surface area contributed by atoms with E-state index < -0.39 is 5.76 Å². The van der Waals surface area contributed by atoms with E-state index in [1.165, 1.54) is 0 Å². The Morgan fingerprint density at radius 3 is 2.55 bits per heavy atom. The molecule has 0 spiro atoms. The number of H-pyrrole nitrogens is 1. The predicted molar refractivity (Wildman–Crippen MR) is 154 cm³/mol. The molecular formula is C32H30N4O4. The lowest BCUT2D eigenvalue weighted by atomic mass is 9.96. The molecule has 0 saturated carbocycles. The summed E-state index contributed by atoms with van der Waals surface area (Å²) in [6, 6.07) is 21.8. The molecule has 0 amide bonds. The highest BCUT2D eigenvalue weighted by atomic mass is 16.5. The summed E-state index contributed by atoms with van der Waals surface area (Å²) in [4.78, 5) is 33.7. The second-order valence-corrected chi connectivity index (χ2v) is 9.96. The van der Waals surface area contributed by atoms with E-state index in [0.717, 1.165) is 63.5 Å². The van der Waals surface area contributed by atoms with Gasteiger partial charge in [-0.1, -0.05) is 67.5 Å². The van der Waals surface area contributed by atoms with E-state index in [4.69, 9.17) is 14.2 Å². The van der Waals surface area contributed by atoms with Gasteiger partial charge in [-0.2, -0.15) is 0 Å². The number of rotatable bonds is 8. The van der Waals surface area contributed by atoms with E-state index in [-0.39, 0.29) is 5.56 Å². The molecule has 6 rings (SSSR count). The fraction of sp³-hybridized carbons (Fsp3) is 0.250. The lowest BCUT2D eigenvalue weighted by Gasteiger charge is -2.18. The molecule has 1 aliphatic heterocycles. The molecule has 40 heavy (non-hydrogen) atoms. The van der Waals surface area contributed by atoms with Crippen molar-refractivity contribution in [1.82, 2.24) is 19.7 Å². The smallest absolute Gasteiger partial charge is 0.439 e. The Balaban J connectivity index is 1.48. The van der Waals surface area contributed by atoms with Crippen molar-refractivity contribution < 1.29 is 9.26 Å². The molecule has 2 aromatic heterocycles. The number of benzene rings is 3. The first-order chi connectivity index (χ1) is 19.6. The highest BCUT2D eigenvalue weighted by molar-refractivity contribution is 5.81. The van der Waals surface area contributed by atoms with Gasteiger partial charge in [0.25, 0.3) is 5.56 Å². The van der Waals surface area contributed by atoms with E-state index in [1.54, 1.807) is 4.57 Å². The Labute approximate surface area is 231 Å². The largest absolute Gasteiger partial charge is 0.493 e. The molecule has 8 nitrogen and oxygen atoms in total. The maximum atomic E-state index is 14.2. The average molecular weight is 535 g/mol. The molecule has 5 aromatic rings. The lowest BCUT2D eigenvalue weighted by Crippen LogP contribution is -2.29. The van der Waals surface area contributed by atoms with Crippen LogP contribution in [0.5, 0.6) is 5.75 Å². The third kappa shape index (κ3) is 4.77. The van der Waals surface area contributed by atoms with Crippen LogP contribution in [-0.2, 0) is 25.8 Å². The molecule has 0 fully saturated rings. The summed E-state index contributed by atoms with van der Waals surface area (Å²) in [6.45, 7) is 5.12. The summed E-state index contributed by atoms with van der Waals surface area (Å²) in [5.74, 6) is 1.37. The Morgan fingerprint density at radius 1 is 0.950 bits per heavy atom. The van der Waals surface area contributed by atoms with E-state index in [9.17, 15) is 9.59 Å². The van der Waals surface area contributed by atoms with Crippen molar-refractivity contribution in [2.75, 3.05) is 6.61 Å². The van der Waals surface area contributed by atoms with Gasteiger partial charge in [-0.3, -0.25) is 18.9 Å². The Morgan fingerprint density at radius 2 is 1.80 bits per heavy atom. The molecule has 0 radical (unpaired) electrons. The quantitative estimate of drug-likeness (QED) is 0.285. The molecule has 8 heteroatoms. The second kappa shape index (κ2) is 10.8. The summed E-state index contributed by atoms with van der Waals surface area (Å²) in [5, 5.41) is 3.96. The summed E-state index contributed by atoms with van der Waals surface area (Å²) in [5.41, 5.74) is 6.86. The third-order valence-electron chi connectivity index (χ3n) is 7.31. The van der Waals surface area contributed by atoms with Crippen LogP contribution in [0.25, 0.3) is 33.6 Å². The molecule has 1 aliphatic rings. The number of aromatic amines is 1. The number of aryl methyl sites for hydroxylation is 2. The normalized spacial score (nSPS) is 12.3. The van der Waals surface area contributed by atoms with Crippen LogP contribution in [0.2, 0.25) is 0 Å². The van der Waals surface area contributed by atoms with Crippen molar-refractivity contribution in [3.8, 4) is 39.4 Å². The number of ether oxygens (including phenoxy) is 1. The zero-order chi connectivity index (χ0) is 27.6. The van der Waals surface area contributed by atoms with Crippen LogP contribution >= 0.6 is 0 Å². The minimum Gasteiger partial charge on any atom is -0.493 e. The maximum Gasteiger partial charge on any atom is 0.439 e. The number of nitrogens with one attached hydrogen (secondary N) is 1. The van der Waals surface area contributed by atoms with Crippen molar-refractivity contribution in [2.24, 2.45) is 0 Å². The summed E-state index contributed by atoms with van der Waals surface area (Å²) >= 11 is 0. The highest BCUT2D eigenvalue weighted by Gasteiger charge is 2.21. The van der Waals surface area contributed by atoms with Gasteiger partial charge < -0.3 is 4.74 Å². The van der Waals surface area contributed by atoms with Gasteiger partial charge in [-0.15, -0.1) is 0 Å². The van der Waals surface area contributed by atoms with Gasteiger partial charge in [0, 0.05) is 18.4 Å². The fourth-order valence-electron chi connectivity index (χ4n) is 5.40. The molecule has 0 aliphatic carbocycles. The average Bonchev–Trinajstić information content (AvgIpc) is 3.63. The van der Waals surface area contributed by atoms with Crippen LogP contribution in [0.4, 0.5) is 0 Å². The maximum absolute atomic E-state index is 14.2. The van der Waals surface area contributed by atoms with Gasteiger partial charge in [-0.05, 0) is 58.9 Å². The Kier molecular flexibility index (Phi) is 6.90. The van der Waals surface area contributed by atoms with Crippen LogP contribution in [0, 0.1) is 0 Å². The van der Waals surface area contributed by atoms with E-state index in [1.807, 2.05) is 67.6 Å². The van der Waals surface area contributed by atoms with Crippen LogP contribution in [0.1, 0.15) is 42.9 Å². The monoisotopic (exact) mass is 534 g/mol. The first kappa shape index (κ1) is 25.6. The number of fused-ring (bicyclic) bond motifs is 1. The molecule has 0 unspecified atom stereocenters. The van der Waals surface area contributed by atoms with E-state index >= 15 is 0 Å². The zero-order valence-electron chi connectivity index (χ0n) is 22.6. The molecule has 3 heterocycles. The summed E-state index contributed by atoms with van der Waals surface area (Å²) < 4.78 is 12.3. The van der Waals surface area contributed by atoms with Gasteiger partial charge in [0.1, 0.15) is 11.6 Å². The molecule has 3 aromatic carbocycles. The topological polar surface area (TPSA) is 103 Å². The Bertz CT molecular complexity index is 1800. The molecule has 1 N–H and O–H groups in total. The van der Waals surface area contributed by atoms with Crippen LogP contribution in [0.15, 0.2) is 80.8 Å². The van der Waals surface area contributed by atoms with Crippen molar-refractivity contribution >= 4 is 0 Å². The van der Waals surface area contributed by atoms with E-state index in [2.05, 4.69) is 23.1 Å². The van der Waals surface area contributed by atoms with Crippen molar-refractivity contribution in [1.29, 1.82) is 0 Å². The number of aromatic nitrogens is 4. The summed E-state index contributed by atoms with van der Waals surface area (Å²) in [6.07, 6.45) is 3.04. The molecular weight excluding hydrogens is 504 g/mol. The SMILES string of the molecule is CCCc1nc(CC)c(-c2ccc3c(c2)CCO3)c(=O)n1Cc1ccc(-c2ccccc2)c(-c2noc(=O)[nH]2)c1. The first-order valence-electron chi connectivity index (χ1n) is 13.7. The Hall–Kier alpha value is -4.72.